The Morgan fingerprint density at radius 1 is 1.08 bits per heavy atom. The van der Waals surface area contributed by atoms with Crippen molar-refractivity contribution >= 4 is 34.0 Å². The van der Waals surface area contributed by atoms with Crippen LogP contribution in [0.15, 0.2) is 89.4 Å². The Morgan fingerprint density at radius 3 is 2.28 bits per heavy atom. The van der Waals surface area contributed by atoms with Crippen molar-refractivity contribution in [1.82, 2.24) is 9.97 Å². The van der Waals surface area contributed by atoms with E-state index in [0.717, 1.165) is 22.3 Å². The average molecular weight is 522 g/mol. The minimum Gasteiger partial charge on any atom is -0.285 e. The van der Waals surface area contributed by atoms with Crippen molar-refractivity contribution in [2.24, 2.45) is 5.92 Å². The Kier molecular flexibility index (Phi) is 11.3. The molecule has 1 unspecified atom stereocenters. The van der Waals surface area contributed by atoms with Crippen LogP contribution in [0.5, 0.6) is 0 Å². The molecule has 2 rings (SSSR count). The van der Waals surface area contributed by atoms with Crippen molar-refractivity contribution in [2.75, 3.05) is 4.72 Å². The molecule has 0 saturated carbocycles. The molecule has 1 N–H and O–H groups in total. The van der Waals surface area contributed by atoms with Crippen LogP contribution in [-0.2, 0) is 11.0 Å². The quantitative estimate of drug-likeness (QED) is 0.251. The molecule has 0 fully saturated rings. The number of aryl methyl sites for hydroxylation is 1. The molecular formula is C30H36ClN3OS. The van der Waals surface area contributed by atoms with E-state index >= 15 is 0 Å². The number of allylic oxidation sites excluding steroid dienone is 10. The number of nitrogens with one attached hydrogen (secondary N) is 1. The summed E-state index contributed by atoms with van der Waals surface area (Å²) in [5, 5.41) is 0.271. The van der Waals surface area contributed by atoms with Gasteiger partial charge in [-0.3, -0.25) is 4.72 Å². The maximum absolute atomic E-state index is 13.6. The van der Waals surface area contributed by atoms with Crippen LogP contribution < -0.4 is 4.72 Å². The third kappa shape index (κ3) is 7.74. The van der Waals surface area contributed by atoms with Crippen LogP contribution in [0.4, 0.5) is 5.82 Å². The normalized spacial score (nSPS) is 13.5. The number of hydrogen-bond donors (Lipinski definition) is 1. The molecule has 0 saturated heterocycles. The minimum absolute atomic E-state index is 0.271. The second-order valence-electron chi connectivity index (χ2n) is 8.80. The summed E-state index contributed by atoms with van der Waals surface area (Å²) in [5.41, 5.74) is 5.41. The first-order valence-electron chi connectivity index (χ1n) is 11.9. The zero-order valence-electron chi connectivity index (χ0n) is 22.2. The summed E-state index contributed by atoms with van der Waals surface area (Å²) in [6.45, 7) is 17.9. The van der Waals surface area contributed by atoms with Crippen molar-refractivity contribution in [3.8, 4) is 11.1 Å². The molecule has 0 aliphatic rings. The lowest BCUT2D eigenvalue weighted by Gasteiger charge is -2.16. The van der Waals surface area contributed by atoms with Crippen molar-refractivity contribution in [2.45, 2.75) is 48.5 Å². The fourth-order valence-corrected chi connectivity index (χ4v) is 4.75. The van der Waals surface area contributed by atoms with E-state index < -0.39 is 11.0 Å². The molecular weight excluding hydrogens is 486 g/mol. The molecule has 0 bridgehead atoms. The maximum atomic E-state index is 13.6. The lowest BCUT2D eigenvalue weighted by Crippen LogP contribution is -2.12. The van der Waals surface area contributed by atoms with Crippen LogP contribution in [0.2, 0.25) is 5.15 Å². The number of rotatable bonds is 10. The van der Waals surface area contributed by atoms with Crippen LogP contribution in [-0.4, -0.2) is 14.2 Å². The monoisotopic (exact) mass is 521 g/mol. The van der Waals surface area contributed by atoms with E-state index in [9.17, 15) is 4.21 Å². The SMILES string of the molecule is C=C/C=C(\C=C/C)c1nc(Cl)c(-c2ccc(C)cc2)c(NS(=O)C(/C=C\C(=C/C)C(C)C)=C(C)C)n1. The molecule has 1 heterocycles. The van der Waals surface area contributed by atoms with Crippen molar-refractivity contribution in [3.05, 3.63) is 106 Å². The largest absolute Gasteiger partial charge is 0.285 e. The van der Waals surface area contributed by atoms with E-state index in [4.69, 9.17) is 16.6 Å². The Hall–Kier alpha value is -3.02. The Labute approximate surface area is 223 Å². The molecule has 0 aliphatic carbocycles. The molecule has 1 aromatic heterocycles. The minimum atomic E-state index is -1.59. The summed E-state index contributed by atoms with van der Waals surface area (Å²) in [6, 6.07) is 7.92. The number of benzene rings is 1. The topological polar surface area (TPSA) is 54.9 Å². The lowest BCUT2D eigenvalue weighted by molar-refractivity contribution is 0.690. The summed E-state index contributed by atoms with van der Waals surface area (Å²) < 4.78 is 16.8. The van der Waals surface area contributed by atoms with Gasteiger partial charge in [0.2, 0.25) is 0 Å². The van der Waals surface area contributed by atoms with E-state index in [2.05, 4.69) is 36.2 Å². The molecule has 36 heavy (non-hydrogen) atoms. The second-order valence-corrected chi connectivity index (χ2v) is 10.3. The van der Waals surface area contributed by atoms with Gasteiger partial charge in [-0.05, 0) is 57.7 Å². The van der Waals surface area contributed by atoms with Gasteiger partial charge in [0.15, 0.2) is 22.6 Å². The molecule has 4 nitrogen and oxygen atoms in total. The highest BCUT2D eigenvalue weighted by Crippen LogP contribution is 2.35. The summed E-state index contributed by atoms with van der Waals surface area (Å²) >= 11 is 6.73. The number of halogens is 1. The first-order chi connectivity index (χ1) is 17.1. The standard InChI is InChI=1S/C30H36ClN3OS/c1-9-12-25(13-10-2)29-32-28(31)27(24-16-14-22(8)15-17-24)30(33-29)34-36(35)26(21(6)7)19-18-23(11-3)20(4)5/h9-20H,1H2,2-8H3,(H,32,33,34)/b13-10-,19-18-,23-11+,25-12+. The van der Waals surface area contributed by atoms with Gasteiger partial charge >= 0.3 is 0 Å². The van der Waals surface area contributed by atoms with Gasteiger partial charge in [-0.2, -0.15) is 0 Å². The smallest absolute Gasteiger partial charge is 0.163 e. The van der Waals surface area contributed by atoms with Gasteiger partial charge in [-0.1, -0.05) is 104 Å². The summed E-state index contributed by atoms with van der Waals surface area (Å²) in [6.07, 6.45) is 13.3. The first-order valence-corrected chi connectivity index (χ1v) is 13.5. The summed E-state index contributed by atoms with van der Waals surface area (Å²) in [5.74, 6) is 1.18. The lowest BCUT2D eigenvalue weighted by atomic mass is 10.0. The van der Waals surface area contributed by atoms with Crippen LogP contribution in [0.25, 0.3) is 16.7 Å². The summed E-state index contributed by atoms with van der Waals surface area (Å²) in [4.78, 5) is 10.0. The number of hydrogen-bond acceptors (Lipinski definition) is 3. The van der Waals surface area contributed by atoms with E-state index in [1.54, 1.807) is 6.08 Å². The molecule has 0 aliphatic heterocycles. The van der Waals surface area contributed by atoms with Crippen LogP contribution >= 0.6 is 11.6 Å². The Bertz CT molecular complexity index is 1260. The number of nitrogens with zero attached hydrogens (tertiary/aromatic N) is 2. The fraction of sp³-hybridized carbons (Fsp3) is 0.267. The maximum Gasteiger partial charge on any atom is 0.163 e. The van der Waals surface area contributed by atoms with Crippen LogP contribution in [0.3, 0.4) is 0 Å². The average Bonchev–Trinajstić information content (AvgIpc) is 2.81. The Morgan fingerprint density at radius 2 is 1.75 bits per heavy atom. The van der Waals surface area contributed by atoms with Crippen LogP contribution in [0, 0.1) is 12.8 Å². The molecule has 2 aromatic rings. The molecule has 1 atom stereocenters. The van der Waals surface area contributed by atoms with Crippen molar-refractivity contribution in [3.63, 3.8) is 0 Å². The predicted molar refractivity (Wildman–Crippen MR) is 158 cm³/mol. The molecule has 0 spiro atoms. The van der Waals surface area contributed by atoms with Gasteiger partial charge in [-0.15, -0.1) is 0 Å². The van der Waals surface area contributed by atoms with Gasteiger partial charge in [-0.25, -0.2) is 14.2 Å². The van der Waals surface area contributed by atoms with Crippen molar-refractivity contribution < 1.29 is 4.21 Å². The van der Waals surface area contributed by atoms with E-state index in [-0.39, 0.29) is 5.15 Å². The number of aromatic nitrogens is 2. The third-order valence-corrected chi connectivity index (χ3v) is 7.01. The molecule has 6 heteroatoms. The van der Waals surface area contributed by atoms with Gasteiger partial charge in [0.1, 0.15) is 5.15 Å². The third-order valence-electron chi connectivity index (χ3n) is 5.42. The molecule has 190 valence electrons. The van der Waals surface area contributed by atoms with Crippen molar-refractivity contribution in [1.29, 1.82) is 0 Å². The molecule has 0 radical (unpaired) electrons. The highest BCUT2D eigenvalue weighted by atomic mass is 35.5. The van der Waals surface area contributed by atoms with E-state index in [0.29, 0.717) is 28.0 Å². The highest BCUT2D eigenvalue weighted by Gasteiger charge is 2.19. The first kappa shape index (κ1) is 29.2. The van der Waals surface area contributed by atoms with Gasteiger partial charge in [0.05, 0.1) is 10.5 Å². The predicted octanol–water partition coefficient (Wildman–Crippen LogP) is 8.78. The van der Waals surface area contributed by atoms with Gasteiger partial charge in [0.25, 0.3) is 0 Å². The molecule has 1 aromatic carbocycles. The van der Waals surface area contributed by atoms with Gasteiger partial charge in [0, 0.05) is 5.57 Å². The highest BCUT2D eigenvalue weighted by molar-refractivity contribution is 7.90. The van der Waals surface area contributed by atoms with Gasteiger partial charge < -0.3 is 0 Å². The number of anilines is 1. The van der Waals surface area contributed by atoms with E-state index in [1.165, 1.54) is 5.57 Å². The van der Waals surface area contributed by atoms with Crippen LogP contribution in [0.1, 0.15) is 52.9 Å². The second kappa shape index (κ2) is 13.9. The molecule has 0 amide bonds. The zero-order valence-corrected chi connectivity index (χ0v) is 23.8. The Balaban J connectivity index is 2.66. The van der Waals surface area contributed by atoms with E-state index in [1.807, 2.05) is 89.3 Å². The fourth-order valence-electron chi connectivity index (χ4n) is 3.47. The zero-order chi connectivity index (χ0) is 26.8. The summed E-state index contributed by atoms with van der Waals surface area (Å²) in [7, 11) is -1.59.